The van der Waals surface area contributed by atoms with Crippen molar-refractivity contribution in [3.63, 3.8) is 0 Å². The van der Waals surface area contributed by atoms with Crippen LogP contribution < -0.4 is 15.8 Å². The van der Waals surface area contributed by atoms with Crippen molar-refractivity contribution in [2.45, 2.75) is 0 Å². The molecule has 98 valence electrons. The molecule has 0 saturated carbocycles. The van der Waals surface area contributed by atoms with Crippen LogP contribution in [0.3, 0.4) is 0 Å². The van der Waals surface area contributed by atoms with Crippen LogP contribution in [0.2, 0.25) is 5.02 Å². The van der Waals surface area contributed by atoms with E-state index in [1.54, 1.807) is 24.3 Å². The van der Waals surface area contributed by atoms with Crippen LogP contribution in [0, 0.1) is 0 Å². The number of halogens is 1. The Labute approximate surface area is 114 Å². The van der Waals surface area contributed by atoms with E-state index >= 15 is 0 Å². The molecule has 0 bridgehead atoms. The van der Waals surface area contributed by atoms with Crippen molar-refractivity contribution in [2.75, 3.05) is 12.8 Å². The first-order valence-corrected chi connectivity index (χ1v) is 5.76. The van der Waals surface area contributed by atoms with E-state index in [-0.39, 0.29) is 17.5 Å². The maximum absolute atomic E-state index is 11.3. The highest BCUT2D eigenvalue weighted by molar-refractivity contribution is 6.33. The third-order valence-electron chi connectivity index (χ3n) is 2.29. The number of carbonyl (C=O) groups excluding carboxylic acids is 1. The van der Waals surface area contributed by atoms with Gasteiger partial charge in [0, 0.05) is 19.2 Å². The molecule has 7 heteroatoms. The number of aromatic nitrogens is 2. The predicted octanol–water partition coefficient (Wildman–Crippen LogP) is 1.86. The normalized spacial score (nSPS) is 10.0. The van der Waals surface area contributed by atoms with Gasteiger partial charge in [0.1, 0.15) is 5.75 Å². The molecule has 1 amide bonds. The molecule has 0 aliphatic rings. The number of anilines is 1. The highest BCUT2D eigenvalue weighted by atomic mass is 35.5. The van der Waals surface area contributed by atoms with Crippen molar-refractivity contribution in [2.24, 2.45) is 0 Å². The molecule has 2 rings (SSSR count). The van der Waals surface area contributed by atoms with Gasteiger partial charge in [0.05, 0.1) is 10.7 Å². The van der Waals surface area contributed by atoms with E-state index in [1.165, 1.54) is 13.1 Å². The van der Waals surface area contributed by atoms with Crippen LogP contribution in [0.5, 0.6) is 11.6 Å². The summed E-state index contributed by atoms with van der Waals surface area (Å²) in [7, 11) is 1.52. The predicted molar refractivity (Wildman–Crippen MR) is 71.4 cm³/mol. The highest BCUT2D eigenvalue weighted by Crippen LogP contribution is 2.26. The van der Waals surface area contributed by atoms with E-state index in [1.807, 2.05) is 0 Å². The van der Waals surface area contributed by atoms with Gasteiger partial charge in [-0.15, -0.1) is 10.2 Å². The van der Waals surface area contributed by atoms with Crippen LogP contribution in [0.25, 0.3) is 0 Å². The van der Waals surface area contributed by atoms with Gasteiger partial charge >= 0.3 is 0 Å². The fraction of sp³-hybridized carbons (Fsp3) is 0.0833. The zero-order chi connectivity index (χ0) is 13.8. The van der Waals surface area contributed by atoms with Crippen LogP contribution in [-0.4, -0.2) is 23.2 Å². The van der Waals surface area contributed by atoms with Crippen molar-refractivity contribution < 1.29 is 9.53 Å². The third kappa shape index (κ3) is 3.11. The third-order valence-corrected chi connectivity index (χ3v) is 2.62. The summed E-state index contributed by atoms with van der Waals surface area (Å²) in [6.07, 6.45) is 0. The van der Waals surface area contributed by atoms with Gasteiger partial charge in [-0.2, -0.15) is 0 Å². The van der Waals surface area contributed by atoms with Crippen molar-refractivity contribution in [3.05, 3.63) is 41.0 Å². The average molecular weight is 279 g/mol. The molecule has 1 aromatic carbocycles. The van der Waals surface area contributed by atoms with Crippen molar-refractivity contribution >= 4 is 23.2 Å². The monoisotopic (exact) mass is 278 g/mol. The van der Waals surface area contributed by atoms with E-state index in [4.69, 9.17) is 22.1 Å². The summed E-state index contributed by atoms with van der Waals surface area (Å²) >= 11 is 5.87. The zero-order valence-electron chi connectivity index (χ0n) is 10.1. The minimum absolute atomic E-state index is 0.213. The first kappa shape index (κ1) is 13.1. The number of rotatable bonds is 3. The number of nitrogens with zero attached hydrogens (tertiary/aromatic N) is 2. The smallest absolute Gasteiger partial charge is 0.271 e. The van der Waals surface area contributed by atoms with E-state index < -0.39 is 0 Å². The number of carbonyl (C=O) groups is 1. The summed E-state index contributed by atoms with van der Waals surface area (Å²) < 4.78 is 5.44. The van der Waals surface area contributed by atoms with Crippen LogP contribution in [0.4, 0.5) is 5.69 Å². The van der Waals surface area contributed by atoms with Crippen LogP contribution in [-0.2, 0) is 0 Å². The van der Waals surface area contributed by atoms with Gasteiger partial charge in [-0.05, 0) is 18.2 Å². The Balaban J connectivity index is 2.15. The Kier molecular flexibility index (Phi) is 3.82. The van der Waals surface area contributed by atoms with Crippen molar-refractivity contribution in [1.29, 1.82) is 0 Å². The Hall–Kier alpha value is -2.34. The van der Waals surface area contributed by atoms with Gasteiger partial charge in [0.25, 0.3) is 5.91 Å². The SMILES string of the molecule is CNC(=O)c1ccc(Oc2ccc(N)c(Cl)c2)nn1. The lowest BCUT2D eigenvalue weighted by molar-refractivity contribution is 0.0957. The molecule has 3 N–H and O–H groups in total. The fourth-order valence-corrected chi connectivity index (χ4v) is 1.49. The molecule has 0 saturated heterocycles. The molecule has 0 radical (unpaired) electrons. The Morgan fingerprint density at radius 3 is 2.68 bits per heavy atom. The summed E-state index contributed by atoms with van der Waals surface area (Å²) in [5.41, 5.74) is 6.27. The zero-order valence-corrected chi connectivity index (χ0v) is 10.8. The van der Waals surface area contributed by atoms with Gasteiger partial charge in [-0.3, -0.25) is 4.79 Å². The van der Waals surface area contributed by atoms with Crippen molar-refractivity contribution in [1.82, 2.24) is 15.5 Å². The second kappa shape index (κ2) is 5.53. The summed E-state index contributed by atoms with van der Waals surface area (Å²) in [6, 6.07) is 7.92. The number of hydrogen-bond donors (Lipinski definition) is 2. The molecule has 0 fully saturated rings. The van der Waals surface area contributed by atoms with E-state index in [2.05, 4.69) is 15.5 Å². The summed E-state index contributed by atoms with van der Waals surface area (Å²) in [6.45, 7) is 0. The van der Waals surface area contributed by atoms with Gasteiger partial charge in [-0.1, -0.05) is 11.6 Å². The second-order valence-corrected chi connectivity index (χ2v) is 4.03. The molecule has 0 spiro atoms. The lowest BCUT2D eigenvalue weighted by Gasteiger charge is -2.06. The lowest BCUT2D eigenvalue weighted by Crippen LogP contribution is -2.19. The number of hydrogen-bond acceptors (Lipinski definition) is 5. The standard InChI is InChI=1S/C12H11ClN4O2/c1-15-12(18)10-4-5-11(17-16-10)19-7-2-3-9(14)8(13)6-7/h2-6H,14H2,1H3,(H,15,18). The van der Waals surface area contributed by atoms with Crippen LogP contribution in [0.15, 0.2) is 30.3 Å². The topological polar surface area (TPSA) is 90.1 Å². The van der Waals surface area contributed by atoms with Gasteiger partial charge in [0.2, 0.25) is 5.88 Å². The molecular weight excluding hydrogens is 268 g/mol. The van der Waals surface area contributed by atoms with Gasteiger partial charge in [-0.25, -0.2) is 0 Å². The Morgan fingerprint density at radius 1 is 1.32 bits per heavy atom. The summed E-state index contributed by atoms with van der Waals surface area (Å²) in [5, 5.41) is 10.4. The van der Waals surface area contributed by atoms with E-state index in [0.29, 0.717) is 16.5 Å². The van der Waals surface area contributed by atoms with Crippen LogP contribution in [0.1, 0.15) is 10.5 Å². The van der Waals surface area contributed by atoms with Crippen molar-refractivity contribution in [3.8, 4) is 11.6 Å². The molecule has 6 nitrogen and oxygen atoms in total. The Bertz CT molecular complexity index is 601. The number of nitrogen functional groups attached to an aromatic ring is 1. The number of ether oxygens (including phenoxy) is 1. The molecule has 0 unspecified atom stereocenters. The van der Waals surface area contributed by atoms with Crippen LogP contribution >= 0.6 is 11.6 Å². The number of nitrogens with one attached hydrogen (secondary N) is 1. The van der Waals surface area contributed by atoms with E-state index in [0.717, 1.165) is 0 Å². The molecule has 1 heterocycles. The molecule has 0 aliphatic carbocycles. The summed E-state index contributed by atoms with van der Waals surface area (Å²) in [5.74, 6) is 0.435. The summed E-state index contributed by atoms with van der Waals surface area (Å²) in [4.78, 5) is 11.3. The average Bonchev–Trinajstić information content (AvgIpc) is 2.43. The second-order valence-electron chi connectivity index (χ2n) is 3.62. The minimum Gasteiger partial charge on any atom is -0.437 e. The minimum atomic E-state index is -0.311. The molecule has 0 atom stereocenters. The molecule has 1 aromatic heterocycles. The molecular formula is C12H11ClN4O2. The molecule has 2 aromatic rings. The number of amides is 1. The quantitative estimate of drug-likeness (QED) is 0.837. The molecule has 19 heavy (non-hydrogen) atoms. The lowest BCUT2D eigenvalue weighted by atomic mass is 10.3. The maximum atomic E-state index is 11.3. The largest absolute Gasteiger partial charge is 0.437 e. The number of nitrogens with two attached hydrogens (primary N) is 1. The van der Waals surface area contributed by atoms with E-state index in [9.17, 15) is 4.79 Å². The fourth-order valence-electron chi connectivity index (χ4n) is 1.32. The maximum Gasteiger partial charge on any atom is 0.271 e. The van der Waals surface area contributed by atoms with Gasteiger partial charge < -0.3 is 15.8 Å². The Morgan fingerprint density at radius 2 is 2.11 bits per heavy atom. The van der Waals surface area contributed by atoms with Gasteiger partial charge in [0.15, 0.2) is 5.69 Å². The first-order valence-electron chi connectivity index (χ1n) is 5.39. The highest BCUT2D eigenvalue weighted by Gasteiger charge is 2.07. The number of benzene rings is 1. The molecule has 0 aliphatic heterocycles. The first-order chi connectivity index (χ1) is 9.10.